The van der Waals surface area contributed by atoms with Crippen LogP contribution in [0.4, 0.5) is 5.69 Å². The maximum absolute atomic E-state index is 11.1. The normalized spacial score (nSPS) is 11.2. The molecule has 0 amide bonds. The van der Waals surface area contributed by atoms with Crippen LogP contribution in [-0.2, 0) is 24.5 Å². The van der Waals surface area contributed by atoms with Gasteiger partial charge in [-0.3, -0.25) is 10.1 Å². The van der Waals surface area contributed by atoms with Gasteiger partial charge in [-0.2, -0.15) is 0 Å². The molecule has 0 aliphatic rings. The zero-order valence-electron chi connectivity index (χ0n) is 16.9. The molecule has 0 radical (unpaired) electrons. The average molecular weight is 412 g/mol. The summed E-state index contributed by atoms with van der Waals surface area (Å²) in [5, 5.41) is 12.1. The van der Waals surface area contributed by atoms with E-state index in [0.717, 1.165) is 33.5 Å². The highest BCUT2D eigenvalue weighted by atomic mass is 32.2. The number of nitro benzene ring substituents is 1. The predicted octanol–water partition coefficient (Wildman–Crippen LogP) is 5.80. The number of aromatic nitrogens is 2. The van der Waals surface area contributed by atoms with E-state index in [9.17, 15) is 10.1 Å². The van der Waals surface area contributed by atoms with Gasteiger partial charge in [-0.05, 0) is 24.5 Å². The number of ether oxygens (including phenoxy) is 1. The van der Waals surface area contributed by atoms with Gasteiger partial charge in [0.15, 0.2) is 0 Å². The summed E-state index contributed by atoms with van der Waals surface area (Å²) < 4.78 is 8.06. The van der Waals surface area contributed by atoms with Crippen molar-refractivity contribution in [3.8, 4) is 0 Å². The molecule has 152 valence electrons. The van der Waals surface area contributed by atoms with E-state index in [4.69, 9.17) is 9.72 Å². The van der Waals surface area contributed by atoms with E-state index in [1.807, 2.05) is 36.4 Å². The summed E-state index contributed by atoms with van der Waals surface area (Å²) in [7, 11) is 0. The van der Waals surface area contributed by atoms with Crippen molar-refractivity contribution in [1.82, 2.24) is 9.55 Å². The standard InChI is InChI=1S/C22H25N3O3S/c1-4-24-20(15-28-14-17-9-6-5-7-10-17)23-21(16(2)3)22(24)29-19-12-8-11-18(13-19)25(26)27/h5-13,16H,4,14-15H2,1-3H3. The molecule has 0 saturated carbocycles. The minimum Gasteiger partial charge on any atom is -0.369 e. The zero-order valence-corrected chi connectivity index (χ0v) is 17.7. The topological polar surface area (TPSA) is 70.2 Å². The Morgan fingerprint density at radius 1 is 1.14 bits per heavy atom. The van der Waals surface area contributed by atoms with E-state index in [1.54, 1.807) is 12.1 Å². The maximum Gasteiger partial charge on any atom is 0.270 e. The van der Waals surface area contributed by atoms with Crippen molar-refractivity contribution in [3.05, 3.63) is 81.8 Å². The van der Waals surface area contributed by atoms with Crippen molar-refractivity contribution in [2.75, 3.05) is 0 Å². The van der Waals surface area contributed by atoms with E-state index < -0.39 is 0 Å². The van der Waals surface area contributed by atoms with Crippen LogP contribution in [0, 0.1) is 10.1 Å². The predicted molar refractivity (Wildman–Crippen MR) is 114 cm³/mol. The van der Waals surface area contributed by atoms with Crippen LogP contribution in [0.2, 0.25) is 0 Å². The fourth-order valence-corrected chi connectivity index (χ4v) is 4.31. The number of rotatable bonds is 9. The molecule has 0 fully saturated rings. The number of hydrogen-bond acceptors (Lipinski definition) is 5. The van der Waals surface area contributed by atoms with Gasteiger partial charge in [-0.1, -0.05) is 62.0 Å². The lowest BCUT2D eigenvalue weighted by atomic mass is 10.1. The molecule has 1 heterocycles. The first kappa shape index (κ1) is 21.1. The second-order valence-electron chi connectivity index (χ2n) is 6.95. The van der Waals surface area contributed by atoms with Gasteiger partial charge in [-0.25, -0.2) is 4.98 Å². The Balaban J connectivity index is 1.84. The summed E-state index contributed by atoms with van der Waals surface area (Å²) >= 11 is 1.52. The van der Waals surface area contributed by atoms with Crippen LogP contribution in [0.3, 0.4) is 0 Å². The largest absolute Gasteiger partial charge is 0.369 e. The SMILES string of the molecule is CCn1c(COCc2ccccc2)nc(C(C)C)c1Sc1cccc([N+](=O)[O-])c1. The van der Waals surface area contributed by atoms with Gasteiger partial charge in [0.05, 0.1) is 17.2 Å². The second-order valence-corrected chi connectivity index (χ2v) is 8.01. The molecule has 0 saturated heterocycles. The number of non-ortho nitro benzene ring substituents is 1. The molecule has 0 unspecified atom stereocenters. The van der Waals surface area contributed by atoms with E-state index >= 15 is 0 Å². The summed E-state index contributed by atoms with van der Waals surface area (Å²) in [4.78, 5) is 16.4. The molecule has 0 aliphatic carbocycles. The van der Waals surface area contributed by atoms with Crippen LogP contribution in [0.1, 0.15) is 43.8 Å². The van der Waals surface area contributed by atoms with Crippen molar-refractivity contribution in [2.45, 2.75) is 56.4 Å². The Hall–Kier alpha value is -2.64. The third kappa shape index (κ3) is 5.25. The summed E-state index contributed by atoms with van der Waals surface area (Å²) in [5.74, 6) is 1.11. The lowest BCUT2D eigenvalue weighted by molar-refractivity contribution is -0.385. The van der Waals surface area contributed by atoms with Crippen molar-refractivity contribution in [3.63, 3.8) is 0 Å². The van der Waals surface area contributed by atoms with Crippen molar-refractivity contribution < 1.29 is 9.66 Å². The fourth-order valence-electron chi connectivity index (χ4n) is 3.03. The summed E-state index contributed by atoms with van der Waals surface area (Å²) in [6, 6.07) is 16.8. The zero-order chi connectivity index (χ0) is 20.8. The van der Waals surface area contributed by atoms with Gasteiger partial charge in [0, 0.05) is 23.6 Å². The van der Waals surface area contributed by atoms with Gasteiger partial charge < -0.3 is 9.30 Å². The van der Waals surface area contributed by atoms with Crippen LogP contribution >= 0.6 is 11.8 Å². The Labute approximate surface area is 175 Å². The Bertz CT molecular complexity index is 971. The Kier molecular flexibility index (Phi) is 7.06. The molecule has 2 aromatic carbocycles. The van der Waals surface area contributed by atoms with E-state index in [0.29, 0.717) is 13.2 Å². The van der Waals surface area contributed by atoms with E-state index in [-0.39, 0.29) is 16.5 Å². The number of benzene rings is 2. The summed E-state index contributed by atoms with van der Waals surface area (Å²) in [6.07, 6.45) is 0. The van der Waals surface area contributed by atoms with Crippen LogP contribution in [0.15, 0.2) is 64.5 Å². The fraction of sp³-hybridized carbons (Fsp3) is 0.318. The second kappa shape index (κ2) is 9.71. The first-order valence-corrected chi connectivity index (χ1v) is 10.4. The van der Waals surface area contributed by atoms with E-state index in [2.05, 4.69) is 25.3 Å². The summed E-state index contributed by atoms with van der Waals surface area (Å²) in [6.45, 7) is 7.98. The van der Waals surface area contributed by atoms with Gasteiger partial charge in [0.1, 0.15) is 17.5 Å². The quantitative estimate of drug-likeness (QED) is 0.329. The number of hydrogen-bond donors (Lipinski definition) is 0. The van der Waals surface area contributed by atoms with Crippen LogP contribution in [0.25, 0.3) is 0 Å². The van der Waals surface area contributed by atoms with Crippen LogP contribution < -0.4 is 0 Å². The highest BCUT2D eigenvalue weighted by molar-refractivity contribution is 7.99. The molecule has 1 aromatic heterocycles. The molecule has 29 heavy (non-hydrogen) atoms. The molecule has 3 aromatic rings. The molecule has 0 aliphatic heterocycles. The Morgan fingerprint density at radius 3 is 2.55 bits per heavy atom. The monoisotopic (exact) mass is 411 g/mol. The minimum atomic E-state index is -0.368. The van der Waals surface area contributed by atoms with Gasteiger partial charge in [-0.15, -0.1) is 0 Å². The molecule has 6 nitrogen and oxygen atoms in total. The first-order valence-electron chi connectivity index (χ1n) is 9.62. The van der Waals surface area contributed by atoms with Crippen molar-refractivity contribution in [1.29, 1.82) is 0 Å². The van der Waals surface area contributed by atoms with E-state index in [1.165, 1.54) is 17.8 Å². The number of nitrogens with zero attached hydrogens (tertiary/aromatic N) is 3. The third-order valence-corrected chi connectivity index (χ3v) is 5.59. The molecule has 0 bridgehead atoms. The van der Waals surface area contributed by atoms with Crippen molar-refractivity contribution >= 4 is 17.4 Å². The number of nitro groups is 1. The number of imidazole rings is 1. The smallest absolute Gasteiger partial charge is 0.270 e. The Morgan fingerprint density at radius 2 is 1.90 bits per heavy atom. The maximum atomic E-state index is 11.1. The lowest BCUT2D eigenvalue weighted by Crippen LogP contribution is -2.05. The summed E-state index contributed by atoms with van der Waals surface area (Å²) in [5.41, 5.74) is 2.20. The third-order valence-electron chi connectivity index (χ3n) is 4.47. The van der Waals surface area contributed by atoms with Crippen LogP contribution in [-0.4, -0.2) is 14.5 Å². The molecule has 3 rings (SSSR count). The first-order chi connectivity index (χ1) is 14.0. The molecule has 7 heteroatoms. The molecular weight excluding hydrogens is 386 g/mol. The average Bonchev–Trinajstić information content (AvgIpc) is 3.06. The molecular formula is C22H25N3O3S. The van der Waals surface area contributed by atoms with Crippen molar-refractivity contribution in [2.24, 2.45) is 0 Å². The van der Waals surface area contributed by atoms with Gasteiger partial charge in [0.2, 0.25) is 0 Å². The highest BCUT2D eigenvalue weighted by Crippen LogP contribution is 2.36. The molecule has 0 N–H and O–H groups in total. The molecule has 0 atom stereocenters. The van der Waals surface area contributed by atoms with Gasteiger partial charge in [0.25, 0.3) is 5.69 Å². The van der Waals surface area contributed by atoms with Crippen LogP contribution in [0.5, 0.6) is 0 Å². The van der Waals surface area contributed by atoms with Gasteiger partial charge >= 0.3 is 0 Å². The highest BCUT2D eigenvalue weighted by Gasteiger charge is 2.20. The molecule has 0 spiro atoms. The minimum absolute atomic E-state index is 0.0927. The lowest BCUT2D eigenvalue weighted by Gasteiger charge is -2.11.